The lowest BCUT2D eigenvalue weighted by Gasteiger charge is -2.56. The molecule has 1 aliphatic heterocycles. The van der Waals surface area contributed by atoms with E-state index in [4.69, 9.17) is 9.84 Å². The Morgan fingerprint density at radius 1 is 1.47 bits per heavy atom. The number of carbonyl (C=O) groups excluding carboxylic acids is 1. The number of fused-ring (bicyclic) bond motifs is 2. The molecule has 2 saturated carbocycles. The van der Waals surface area contributed by atoms with Gasteiger partial charge in [-0.2, -0.15) is 0 Å². The van der Waals surface area contributed by atoms with Crippen molar-refractivity contribution in [3.8, 4) is 0 Å². The third-order valence-corrected chi connectivity index (χ3v) is 5.35. The van der Waals surface area contributed by atoms with Gasteiger partial charge in [0.1, 0.15) is 0 Å². The van der Waals surface area contributed by atoms with E-state index in [0.29, 0.717) is 18.6 Å². The van der Waals surface area contributed by atoms with Gasteiger partial charge in [0, 0.05) is 37.6 Å². The summed E-state index contributed by atoms with van der Waals surface area (Å²) in [4.78, 5) is 13.7. The molecule has 3 atom stereocenters. The molecule has 3 fully saturated rings. The zero-order valence-corrected chi connectivity index (χ0v) is 11.6. The smallest absolute Gasteiger partial charge is 0.317 e. The van der Waals surface area contributed by atoms with Crippen molar-refractivity contribution >= 4 is 6.03 Å². The third-order valence-electron chi connectivity index (χ3n) is 5.35. The van der Waals surface area contributed by atoms with E-state index in [2.05, 4.69) is 5.32 Å². The van der Waals surface area contributed by atoms with Crippen molar-refractivity contribution in [3.63, 3.8) is 0 Å². The Labute approximate surface area is 114 Å². The van der Waals surface area contributed by atoms with Crippen molar-refractivity contribution in [3.05, 3.63) is 0 Å². The molecule has 0 bridgehead atoms. The van der Waals surface area contributed by atoms with E-state index in [-0.39, 0.29) is 24.1 Å². The van der Waals surface area contributed by atoms with Crippen LogP contribution < -0.4 is 5.32 Å². The number of ether oxygens (including phenoxy) is 1. The van der Waals surface area contributed by atoms with E-state index in [1.165, 1.54) is 25.7 Å². The topological polar surface area (TPSA) is 61.8 Å². The van der Waals surface area contributed by atoms with Crippen LogP contribution in [0.3, 0.4) is 0 Å². The highest BCUT2D eigenvalue weighted by atomic mass is 16.5. The molecule has 3 rings (SSSR count). The number of hydrogen-bond donors (Lipinski definition) is 2. The van der Waals surface area contributed by atoms with E-state index >= 15 is 0 Å². The van der Waals surface area contributed by atoms with Crippen LogP contribution in [0.1, 0.15) is 32.1 Å². The molecule has 2 N–H and O–H groups in total. The molecule has 3 aliphatic rings. The summed E-state index contributed by atoms with van der Waals surface area (Å²) in [5.74, 6) is 0.504. The van der Waals surface area contributed by atoms with Crippen LogP contribution in [0.2, 0.25) is 0 Å². The van der Waals surface area contributed by atoms with Crippen molar-refractivity contribution < 1.29 is 14.6 Å². The van der Waals surface area contributed by atoms with Crippen LogP contribution in [0.4, 0.5) is 4.79 Å². The number of rotatable bonds is 3. The lowest BCUT2D eigenvalue weighted by Crippen LogP contribution is -2.69. The molecule has 1 spiro atoms. The minimum absolute atomic E-state index is 0.00882. The molecular formula is C14H24N2O3. The van der Waals surface area contributed by atoms with Crippen molar-refractivity contribution in [1.82, 2.24) is 10.2 Å². The molecule has 1 heterocycles. The van der Waals surface area contributed by atoms with Gasteiger partial charge in [0.2, 0.25) is 0 Å². The monoisotopic (exact) mass is 268 g/mol. The maximum atomic E-state index is 12.1. The summed E-state index contributed by atoms with van der Waals surface area (Å²) in [5, 5.41) is 12.1. The summed E-state index contributed by atoms with van der Waals surface area (Å²) in [6, 6.07) is 0.215. The summed E-state index contributed by atoms with van der Waals surface area (Å²) in [5.41, 5.74) is 0.205. The molecule has 0 radical (unpaired) electrons. The van der Waals surface area contributed by atoms with Crippen molar-refractivity contribution in [2.45, 2.75) is 44.2 Å². The number of nitrogens with one attached hydrogen (secondary N) is 1. The Morgan fingerprint density at radius 2 is 2.21 bits per heavy atom. The second-order valence-electron chi connectivity index (χ2n) is 6.26. The molecule has 19 heavy (non-hydrogen) atoms. The fourth-order valence-corrected chi connectivity index (χ4v) is 4.40. The Balaban J connectivity index is 1.67. The molecule has 1 saturated heterocycles. The number of aliphatic hydroxyl groups excluding tert-OH is 1. The van der Waals surface area contributed by atoms with Gasteiger partial charge in [0.15, 0.2) is 0 Å². The molecule has 0 aromatic carbocycles. The molecule has 5 nitrogen and oxygen atoms in total. The minimum atomic E-state index is -0.0596. The molecule has 0 aromatic rings. The molecule has 0 aromatic heterocycles. The summed E-state index contributed by atoms with van der Waals surface area (Å²) < 4.78 is 5.90. The SMILES string of the molecule is CN(CCO)C(=O)NC1C2CCOC2C12CCCC2. The highest BCUT2D eigenvalue weighted by Gasteiger charge is 2.65. The first kappa shape index (κ1) is 13.2. The van der Waals surface area contributed by atoms with Gasteiger partial charge < -0.3 is 20.1 Å². The molecule has 2 amide bonds. The highest BCUT2D eigenvalue weighted by Crippen LogP contribution is 2.60. The number of hydrogen-bond acceptors (Lipinski definition) is 3. The average molecular weight is 268 g/mol. The van der Waals surface area contributed by atoms with Crippen LogP contribution in [-0.2, 0) is 4.74 Å². The number of likely N-dealkylation sites (N-methyl/N-ethyl adjacent to an activating group) is 1. The molecular weight excluding hydrogens is 244 g/mol. The Bertz CT molecular complexity index is 355. The fourth-order valence-electron chi connectivity index (χ4n) is 4.40. The van der Waals surface area contributed by atoms with Crippen LogP contribution in [-0.4, -0.2) is 55.0 Å². The third kappa shape index (κ3) is 1.94. The summed E-state index contributed by atoms with van der Waals surface area (Å²) in [6.07, 6.45) is 6.33. The van der Waals surface area contributed by atoms with Crippen LogP contribution >= 0.6 is 0 Å². The van der Waals surface area contributed by atoms with Gasteiger partial charge in [0.05, 0.1) is 12.7 Å². The lowest BCUT2D eigenvalue weighted by atomic mass is 9.54. The Morgan fingerprint density at radius 3 is 2.89 bits per heavy atom. The van der Waals surface area contributed by atoms with Crippen LogP contribution in [0.15, 0.2) is 0 Å². The summed E-state index contributed by atoms with van der Waals surface area (Å²) in [7, 11) is 1.73. The van der Waals surface area contributed by atoms with E-state index in [9.17, 15) is 4.79 Å². The van der Waals surface area contributed by atoms with E-state index in [1.807, 2.05) is 0 Å². The van der Waals surface area contributed by atoms with E-state index in [0.717, 1.165) is 13.0 Å². The average Bonchev–Trinajstić information content (AvgIpc) is 3.03. The lowest BCUT2D eigenvalue weighted by molar-refractivity contribution is -0.126. The standard InChI is InChI=1S/C14H24N2O3/c1-16(7-8-17)13(18)15-11-10-4-9-19-12(10)14(11)5-2-3-6-14/h10-12,17H,2-9H2,1H3,(H,15,18). The van der Waals surface area contributed by atoms with Gasteiger partial charge in [0.25, 0.3) is 0 Å². The molecule has 108 valence electrons. The normalized spacial score (nSPS) is 34.9. The van der Waals surface area contributed by atoms with Gasteiger partial charge in [-0.25, -0.2) is 4.79 Å². The van der Waals surface area contributed by atoms with Gasteiger partial charge in [-0.15, -0.1) is 0 Å². The van der Waals surface area contributed by atoms with Crippen molar-refractivity contribution in [2.75, 3.05) is 26.8 Å². The molecule has 2 aliphatic carbocycles. The Kier molecular flexibility index (Phi) is 3.43. The number of urea groups is 1. The number of aliphatic hydroxyl groups is 1. The van der Waals surface area contributed by atoms with E-state index in [1.54, 1.807) is 11.9 Å². The number of nitrogens with zero attached hydrogens (tertiary/aromatic N) is 1. The van der Waals surface area contributed by atoms with Crippen LogP contribution in [0, 0.1) is 11.3 Å². The predicted molar refractivity (Wildman–Crippen MR) is 70.8 cm³/mol. The Hall–Kier alpha value is -0.810. The second kappa shape index (κ2) is 4.94. The van der Waals surface area contributed by atoms with E-state index < -0.39 is 0 Å². The maximum absolute atomic E-state index is 12.1. The van der Waals surface area contributed by atoms with Crippen LogP contribution in [0.25, 0.3) is 0 Å². The van der Waals surface area contributed by atoms with Gasteiger partial charge in [-0.3, -0.25) is 0 Å². The van der Waals surface area contributed by atoms with Crippen molar-refractivity contribution in [2.24, 2.45) is 11.3 Å². The van der Waals surface area contributed by atoms with Crippen molar-refractivity contribution in [1.29, 1.82) is 0 Å². The zero-order valence-electron chi connectivity index (χ0n) is 11.6. The second-order valence-corrected chi connectivity index (χ2v) is 6.26. The summed E-state index contributed by atoms with van der Waals surface area (Å²) in [6.45, 7) is 1.24. The van der Waals surface area contributed by atoms with Gasteiger partial charge >= 0.3 is 6.03 Å². The van der Waals surface area contributed by atoms with Gasteiger partial charge in [-0.05, 0) is 19.3 Å². The molecule has 3 unspecified atom stereocenters. The number of carbonyl (C=O) groups is 1. The first-order valence-electron chi connectivity index (χ1n) is 7.43. The number of amides is 2. The van der Waals surface area contributed by atoms with Crippen LogP contribution in [0.5, 0.6) is 0 Å². The fraction of sp³-hybridized carbons (Fsp3) is 0.929. The first-order valence-corrected chi connectivity index (χ1v) is 7.43. The highest BCUT2D eigenvalue weighted by molar-refractivity contribution is 5.74. The quantitative estimate of drug-likeness (QED) is 0.801. The maximum Gasteiger partial charge on any atom is 0.317 e. The largest absolute Gasteiger partial charge is 0.395 e. The molecule has 5 heteroatoms. The minimum Gasteiger partial charge on any atom is -0.395 e. The predicted octanol–water partition coefficient (Wildman–Crippen LogP) is 0.968. The van der Waals surface area contributed by atoms with Gasteiger partial charge in [-0.1, -0.05) is 12.8 Å². The summed E-state index contributed by atoms with van der Waals surface area (Å²) >= 11 is 0. The first-order chi connectivity index (χ1) is 9.19. The zero-order chi connectivity index (χ0) is 13.5.